The number of carbonyl (C=O) groups is 1. The molecule has 2 aromatic carbocycles. The largest absolute Gasteiger partial charge is 0.348 e. The van der Waals surface area contributed by atoms with E-state index in [1.165, 1.54) is 11.6 Å². The van der Waals surface area contributed by atoms with Crippen molar-refractivity contribution in [3.05, 3.63) is 108 Å². The van der Waals surface area contributed by atoms with Gasteiger partial charge in [0, 0.05) is 31.9 Å². The molecule has 1 aliphatic rings. The number of fused-ring (bicyclic) bond motifs is 1. The van der Waals surface area contributed by atoms with Crippen LogP contribution < -0.4 is 21.9 Å². The molecule has 170 valence electrons. The first-order chi connectivity index (χ1) is 15.7. The molecule has 0 aliphatic carbocycles. The number of nitrogens with one attached hydrogen (secondary N) is 2. The minimum absolute atomic E-state index is 0.257. The number of anilines is 1. The summed E-state index contributed by atoms with van der Waals surface area (Å²) in [5.74, 6) is -0.445. The summed E-state index contributed by atoms with van der Waals surface area (Å²) in [7, 11) is 3.08. The Morgan fingerprint density at radius 2 is 1.48 bits per heavy atom. The van der Waals surface area contributed by atoms with Crippen molar-refractivity contribution >= 4 is 11.7 Å². The SMILES string of the molecule is CC1=C(C(=O)NCc2ccc(C)cc2)C(c2ccc(C)cc2)c2c(n(C)c(=O)n(C)c2=O)N1. The van der Waals surface area contributed by atoms with Gasteiger partial charge in [-0.05, 0) is 31.9 Å². The number of nitrogens with zero attached hydrogens (tertiary/aromatic N) is 2. The van der Waals surface area contributed by atoms with Crippen LogP contribution in [0, 0.1) is 13.8 Å². The summed E-state index contributed by atoms with van der Waals surface area (Å²) in [5, 5.41) is 6.16. The van der Waals surface area contributed by atoms with Gasteiger partial charge in [-0.25, -0.2) is 4.79 Å². The number of hydrogen-bond donors (Lipinski definition) is 2. The van der Waals surface area contributed by atoms with Gasteiger partial charge in [0.2, 0.25) is 5.91 Å². The lowest BCUT2D eigenvalue weighted by atomic mass is 9.81. The average molecular weight is 445 g/mol. The molecule has 1 amide bonds. The van der Waals surface area contributed by atoms with Gasteiger partial charge in [0.15, 0.2) is 0 Å². The number of rotatable bonds is 4. The van der Waals surface area contributed by atoms with Crippen molar-refractivity contribution in [1.82, 2.24) is 14.5 Å². The van der Waals surface area contributed by atoms with Crippen molar-refractivity contribution in [2.75, 3.05) is 5.32 Å². The van der Waals surface area contributed by atoms with E-state index < -0.39 is 17.2 Å². The predicted octanol–water partition coefficient (Wildman–Crippen LogP) is 2.85. The Kier molecular flexibility index (Phi) is 5.80. The molecule has 0 radical (unpaired) electrons. The Hall–Kier alpha value is -3.87. The molecule has 0 saturated heterocycles. The first-order valence-corrected chi connectivity index (χ1v) is 10.9. The lowest BCUT2D eigenvalue weighted by Gasteiger charge is -2.31. The van der Waals surface area contributed by atoms with Gasteiger partial charge in [0.25, 0.3) is 5.56 Å². The van der Waals surface area contributed by atoms with E-state index in [4.69, 9.17) is 0 Å². The third-order valence-electron chi connectivity index (χ3n) is 6.22. The van der Waals surface area contributed by atoms with E-state index in [-0.39, 0.29) is 5.91 Å². The van der Waals surface area contributed by atoms with Crippen LogP contribution in [0.15, 0.2) is 69.4 Å². The lowest BCUT2D eigenvalue weighted by molar-refractivity contribution is -0.117. The summed E-state index contributed by atoms with van der Waals surface area (Å²) in [6.45, 7) is 6.17. The molecule has 7 nitrogen and oxygen atoms in total. The van der Waals surface area contributed by atoms with Gasteiger partial charge in [-0.2, -0.15) is 0 Å². The molecular weight excluding hydrogens is 416 g/mol. The first kappa shape index (κ1) is 22.3. The van der Waals surface area contributed by atoms with E-state index in [1.807, 2.05) is 62.4 Å². The van der Waals surface area contributed by atoms with Crippen LogP contribution >= 0.6 is 0 Å². The molecule has 2 heterocycles. The van der Waals surface area contributed by atoms with Gasteiger partial charge in [-0.1, -0.05) is 59.7 Å². The van der Waals surface area contributed by atoms with Crippen LogP contribution in [0.3, 0.4) is 0 Å². The summed E-state index contributed by atoms with van der Waals surface area (Å²) in [5.41, 5.74) is 4.66. The Labute approximate surface area is 192 Å². The summed E-state index contributed by atoms with van der Waals surface area (Å²) in [6, 6.07) is 15.7. The van der Waals surface area contributed by atoms with E-state index in [2.05, 4.69) is 10.6 Å². The summed E-state index contributed by atoms with van der Waals surface area (Å²) in [4.78, 5) is 39.3. The Morgan fingerprint density at radius 3 is 2.09 bits per heavy atom. The highest BCUT2D eigenvalue weighted by molar-refractivity contribution is 5.98. The zero-order chi connectivity index (χ0) is 23.9. The van der Waals surface area contributed by atoms with Crippen molar-refractivity contribution in [3.63, 3.8) is 0 Å². The number of aromatic nitrogens is 2. The highest BCUT2D eigenvalue weighted by Gasteiger charge is 2.36. The molecule has 1 aromatic heterocycles. The fourth-order valence-corrected chi connectivity index (χ4v) is 4.26. The van der Waals surface area contributed by atoms with Crippen LogP contribution in [-0.4, -0.2) is 15.0 Å². The maximum absolute atomic E-state index is 13.5. The van der Waals surface area contributed by atoms with E-state index in [9.17, 15) is 14.4 Å². The molecule has 0 saturated carbocycles. The van der Waals surface area contributed by atoms with Crippen molar-refractivity contribution < 1.29 is 4.79 Å². The molecule has 0 spiro atoms. The van der Waals surface area contributed by atoms with Crippen molar-refractivity contribution in [1.29, 1.82) is 0 Å². The molecule has 2 N–H and O–H groups in total. The standard InChI is InChI=1S/C26H28N4O3/c1-15-6-10-18(11-7-15)14-27-24(31)20-17(3)28-23-22(25(32)30(5)26(33)29(23)4)21(20)19-12-8-16(2)9-13-19/h6-13,21,28H,14H2,1-5H3,(H,27,31). The highest BCUT2D eigenvalue weighted by atomic mass is 16.2. The Balaban J connectivity index is 1.83. The van der Waals surface area contributed by atoms with E-state index >= 15 is 0 Å². The number of aryl methyl sites for hydroxylation is 2. The second-order valence-corrected chi connectivity index (χ2v) is 8.64. The Morgan fingerprint density at radius 1 is 0.909 bits per heavy atom. The summed E-state index contributed by atoms with van der Waals surface area (Å²) < 4.78 is 2.51. The van der Waals surface area contributed by atoms with E-state index in [0.717, 1.165) is 26.8 Å². The van der Waals surface area contributed by atoms with Gasteiger partial charge in [-0.15, -0.1) is 0 Å². The third-order valence-corrected chi connectivity index (χ3v) is 6.22. The normalized spacial score (nSPS) is 15.1. The van der Waals surface area contributed by atoms with Crippen LogP contribution in [0.2, 0.25) is 0 Å². The highest BCUT2D eigenvalue weighted by Crippen LogP contribution is 2.39. The lowest BCUT2D eigenvalue weighted by Crippen LogP contribution is -2.44. The molecule has 1 aliphatic heterocycles. The number of hydrogen-bond acceptors (Lipinski definition) is 4. The number of allylic oxidation sites excluding steroid dienone is 1. The van der Waals surface area contributed by atoms with E-state index in [1.54, 1.807) is 14.0 Å². The maximum atomic E-state index is 13.5. The fraction of sp³-hybridized carbons (Fsp3) is 0.269. The quantitative estimate of drug-likeness (QED) is 0.648. The molecule has 3 aromatic rings. The maximum Gasteiger partial charge on any atom is 0.332 e. The van der Waals surface area contributed by atoms with Crippen LogP contribution in [-0.2, 0) is 25.4 Å². The number of amides is 1. The number of benzene rings is 2. The first-order valence-electron chi connectivity index (χ1n) is 10.9. The molecular formula is C26H28N4O3. The number of carbonyl (C=O) groups excluding carboxylic acids is 1. The van der Waals surface area contributed by atoms with Gasteiger partial charge in [-0.3, -0.25) is 18.7 Å². The second-order valence-electron chi connectivity index (χ2n) is 8.64. The Bertz CT molecular complexity index is 1380. The molecule has 1 unspecified atom stereocenters. The molecule has 4 rings (SSSR count). The van der Waals surface area contributed by atoms with Crippen LogP contribution in [0.4, 0.5) is 5.82 Å². The van der Waals surface area contributed by atoms with Crippen LogP contribution in [0.5, 0.6) is 0 Å². The predicted molar refractivity (Wildman–Crippen MR) is 129 cm³/mol. The zero-order valence-corrected chi connectivity index (χ0v) is 19.5. The molecule has 0 bridgehead atoms. The van der Waals surface area contributed by atoms with Crippen molar-refractivity contribution in [2.45, 2.75) is 33.2 Å². The summed E-state index contributed by atoms with van der Waals surface area (Å²) >= 11 is 0. The van der Waals surface area contributed by atoms with Gasteiger partial charge in [0.1, 0.15) is 5.82 Å². The molecule has 0 fully saturated rings. The smallest absolute Gasteiger partial charge is 0.332 e. The second kappa shape index (κ2) is 8.58. The van der Waals surface area contributed by atoms with Crippen LogP contribution in [0.25, 0.3) is 0 Å². The molecule has 1 atom stereocenters. The molecule has 33 heavy (non-hydrogen) atoms. The van der Waals surface area contributed by atoms with E-state index in [0.29, 0.717) is 29.2 Å². The topological polar surface area (TPSA) is 85.1 Å². The molecule has 7 heteroatoms. The zero-order valence-electron chi connectivity index (χ0n) is 19.5. The van der Waals surface area contributed by atoms with Crippen molar-refractivity contribution in [3.8, 4) is 0 Å². The van der Waals surface area contributed by atoms with Gasteiger partial charge < -0.3 is 10.6 Å². The van der Waals surface area contributed by atoms with Crippen LogP contribution in [0.1, 0.15) is 40.7 Å². The van der Waals surface area contributed by atoms with Crippen molar-refractivity contribution in [2.24, 2.45) is 14.1 Å². The van der Waals surface area contributed by atoms with Gasteiger partial charge in [0.05, 0.1) is 11.5 Å². The monoisotopic (exact) mass is 444 g/mol. The average Bonchev–Trinajstić information content (AvgIpc) is 2.80. The summed E-state index contributed by atoms with van der Waals surface area (Å²) in [6.07, 6.45) is 0. The fourth-order valence-electron chi connectivity index (χ4n) is 4.26. The minimum atomic E-state index is -0.606. The minimum Gasteiger partial charge on any atom is -0.348 e. The van der Waals surface area contributed by atoms with Gasteiger partial charge >= 0.3 is 5.69 Å². The third kappa shape index (κ3) is 4.02.